The summed E-state index contributed by atoms with van der Waals surface area (Å²) >= 11 is 0. The first-order chi connectivity index (χ1) is 8.49. The first kappa shape index (κ1) is 13.4. The van der Waals surface area contributed by atoms with E-state index in [1.807, 2.05) is 12.1 Å². The van der Waals surface area contributed by atoms with Gasteiger partial charge in [-0.1, -0.05) is 24.6 Å². The van der Waals surface area contributed by atoms with E-state index in [-0.39, 0.29) is 0 Å². The zero-order chi connectivity index (χ0) is 13.3. The van der Waals surface area contributed by atoms with Gasteiger partial charge in [0.15, 0.2) is 0 Å². The third kappa shape index (κ3) is 2.69. The van der Waals surface area contributed by atoms with Crippen LogP contribution in [0.5, 0.6) is 5.75 Å². The van der Waals surface area contributed by atoms with Gasteiger partial charge in [-0.05, 0) is 45.6 Å². The van der Waals surface area contributed by atoms with Crippen molar-refractivity contribution in [2.24, 2.45) is 5.92 Å². The van der Waals surface area contributed by atoms with Crippen LogP contribution in [0, 0.1) is 12.8 Å². The predicted molar refractivity (Wildman–Crippen MR) is 75.8 cm³/mol. The van der Waals surface area contributed by atoms with Gasteiger partial charge in [-0.25, -0.2) is 0 Å². The van der Waals surface area contributed by atoms with Crippen molar-refractivity contribution in [2.75, 3.05) is 6.54 Å². The number of rotatable bonds is 2. The molecule has 1 saturated heterocycles. The molecule has 0 aliphatic carbocycles. The highest BCUT2D eigenvalue weighted by atomic mass is 16.3. The Labute approximate surface area is 111 Å². The normalized spacial score (nSPS) is 27.1. The van der Waals surface area contributed by atoms with Gasteiger partial charge in [0.1, 0.15) is 5.75 Å². The van der Waals surface area contributed by atoms with Gasteiger partial charge in [0, 0.05) is 24.2 Å². The van der Waals surface area contributed by atoms with Crippen LogP contribution in [0.25, 0.3) is 0 Å². The second kappa shape index (κ2) is 5.31. The fourth-order valence-corrected chi connectivity index (χ4v) is 3.05. The lowest BCUT2D eigenvalue weighted by Gasteiger charge is -2.41. The van der Waals surface area contributed by atoms with Crippen LogP contribution in [0.4, 0.5) is 0 Å². The van der Waals surface area contributed by atoms with Crippen LogP contribution in [0.1, 0.15) is 50.8 Å². The zero-order valence-electron chi connectivity index (χ0n) is 12.0. The van der Waals surface area contributed by atoms with Crippen LogP contribution in [-0.2, 0) is 0 Å². The molecule has 2 heteroatoms. The smallest absolute Gasteiger partial charge is 0.120 e. The van der Waals surface area contributed by atoms with E-state index in [4.69, 9.17) is 0 Å². The Morgan fingerprint density at radius 2 is 2.00 bits per heavy atom. The summed E-state index contributed by atoms with van der Waals surface area (Å²) in [5, 5.41) is 10.1. The Kier molecular flexibility index (Phi) is 3.96. The minimum atomic E-state index is 0.294. The van der Waals surface area contributed by atoms with Crippen molar-refractivity contribution >= 4 is 0 Å². The molecule has 0 bridgehead atoms. The zero-order valence-corrected chi connectivity index (χ0v) is 12.0. The molecule has 3 unspecified atom stereocenters. The molecule has 1 N–H and O–H groups in total. The van der Waals surface area contributed by atoms with Gasteiger partial charge in [0.2, 0.25) is 0 Å². The van der Waals surface area contributed by atoms with E-state index < -0.39 is 0 Å². The summed E-state index contributed by atoms with van der Waals surface area (Å²) < 4.78 is 0. The first-order valence-electron chi connectivity index (χ1n) is 7.04. The summed E-state index contributed by atoms with van der Waals surface area (Å²) in [5.41, 5.74) is 2.28. The Morgan fingerprint density at radius 1 is 1.28 bits per heavy atom. The van der Waals surface area contributed by atoms with Crippen LogP contribution in [0.2, 0.25) is 0 Å². The average Bonchev–Trinajstić information content (AvgIpc) is 2.34. The van der Waals surface area contributed by atoms with Crippen molar-refractivity contribution in [3.05, 3.63) is 29.3 Å². The lowest BCUT2D eigenvalue weighted by atomic mass is 9.91. The van der Waals surface area contributed by atoms with Gasteiger partial charge >= 0.3 is 0 Å². The summed E-state index contributed by atoms with van der Waals surface area (Å²) in [6, 6.07) is 6.80. The molecule has 1 heterocycles. The summed E-state index contributed by atoms with van der Waals surface area (Å²) in [6.07, 6.45) is 2.59. The highest BCUT2D eigenvalue weighted by Gasteiger charge is 2.28. The number of aryl methyl sites for hydroxylation is 1. The van der Waals surface area contributed by atoms with Crippen molar-refractivity contribution in [3.8, 4) is 5.75 Å². The molecule has 18 heavy (non-hydrogen) atoms. The van der Waals surface area contributed by atoms with Crippen molar-refractivity contribution in [3.63, 3.8) is 0 Å². The Hall–Kier alpha value is -1.02. The van der Waals surface area contributed by atoms with Crippen molar-refractivity contribution in [2.45, 2.75) is 52.6 Å². The lowest BCUT2D eigenvalue weighted by Crippen LogP contribution is -2.42. The number of phenolic OH excluding ortho intramolecular Hbond substituents is 1. The number of likely N-dealkylation sites (tertiary alicyclic amines) is 1. The van der Waals surface area contributed by atoms with Gasteiger partial charge < -0.3 is 5.11 Å². The Bertz CT molecular complexity index is 416. The minimum absolute atomic E-state index is 0.294. The summed E-state index contributed by atoms with van der Waals surface area (Å²) in [5.74, 6) is 1.19. The van der Waals surface area contributed by atoms with Crippen molar-refractivity contribution in [1.29, 1.82) is 0 Å². The standard InChI is InChI=1S/C16H25NO/c1-11-6-8-16(18)15(9-11)14(4)17-10-12(2)5-7-13(17)3/h6,8-9,12-14,18H,5,7,10H2,1-4H3. The third-order valence-electron chi connectivity index (χ3n) is 4.30. The maximum Gasteiger partial charge on any atom is 0.120 e. The molecule has 1 aliphatic heterocycles. The van der Waals surface area contributed by atoms with E-state index in [0.29, 0.717) is 17.8 Å². The molecule has 2 nitrogen and oxygen atoms in total. The fourth-order valence-electron chi connectivity index (χ4n) is 3.05. The molecule has 0 spiro atoms. The molecular formula is C16H25NO. The van der Waals surface area contributed by atoms with Crippen LogP contribution in [-0.4, -0.2) is 22.6 Å². The maximum absolute atomic E-state index is 10.1. The molecule has 3 atom stereocenters. The van der Waals surface area contributed by atoms with Crippen LogP contribution >= 0.6 is 0 Å². The number of piperidine rings is 1. The van der Waals surface area contributed by atoms with E-state index in [9.17, 15) is 5.11 Å². The van der Waals surface area contributed by atoms with Gasteiger partial charge in [-0.3, -0.25) is 4.90 Å². The van der Waals surface area contributed by atoms with Crippen LogP contribution in [0.3, 0.4) is 0 Å². The van der Waals surface area contributed by atoms with Gasteiger partial charge in [0.25, 0.3) is 0 Å². The van der Waals surface area contributed by atoms with E-state index in [2.05, 4.69) is 38.7 Å². The van der Waals surface area contributed by atoms with Crippen LogP contribution in [0.15, 0.2) is 18.2 Å². The average molecular weight is 247 g/mol. The topological polar surface area (TPSA) is 23.5 Å². The fraction of sp³-hybridized carbons (Fsp3) is 0.625. The summed E-state index contributed by atoms with van der Waals surface area (Å²) in [7, 11) is 0. The molecular weight excluding hydrogens is 222 g/mol. The SMILES string of the molecule is Cc1ccc(O)c(C(C)N2CC(C)CCC2C)c1. The van der Waals surface area contributed by atoms with Gasteiger partial charge in [0.05, 0.1) is 0 Å². The molecule has 0 aromatic heterocycles. The quantitative estimate of drug-likeness (QED) is 0.857. The molecule has 1 aromatic rings. The highest BCUT2D eigenvalue weighted by Crippen LogP contribution is 2.34. The molecule has 2 rings (SSSR count). The number of nitrogens with zero attached hydrogens (tertiary/aromatic N) is 1. The van der Waals surface area contributed by atoms with E-state index in [0.717, 1.165) is 18.0 Å². The first-order valence-corrected chi connectivity index (χ1v) is 7.04. The maximum atomic E-state index is 10.1. The minimum Gasteiger partial charge on any atom is -0.508 e. The number of benzene rings is 1. The molecule has 100 valence electrons. The second-order valence-corrected chi connectivity index (χ2v) is 5.97. The number of phenols is 1. The van der Waals surface area contributed by atoms with E-state index >= 15 is 0 Å². The lowest BCUT2D eigenvalue weighted by molar-refractivity contribution is 0.0833. The number of hydrogen-bond donors (Lipinski definition) is 1. The Balaban J connectivity index is 2.23. The highest BCUT2D eigenvalue weighted by molar-refractivity contribution is 5.37. The molecule has 1 fully saturated rings. The van der Waals surface area contributed by atoms with Gasteiger partial charge in [-0.2, -0.15) is 0 Å². The molecule has 0 amide bonds. The molecule has 1 aromatic carbocycles. The summed E-state index contributed by atoms with van der Waals surface area (Å²) in [4.78, 5) is 2.53. The van der Waals surface area contributed by atoms with E-state index in [1.54, 1.807) is 0 Å². The molecule has 0 saturated carbocycles. The number of aromatic hydroxyl groups is 1. The second-order valence-electron chi connectivity index (χ2n) is 5.97. The largest absolute Gasteiger partial charge is 0.508 e. The molecule has 0 radical (unpaired) electrons. The van der Waals surface area contributed by atoms with Gasteiger partial charge in [-0.15, -0.1) is 0 Å². The van der Waals surface area contributed by atoms with E-state index in [1.165, 1.54) is 18.4 Å². The number of hydrogen-bond acceptors (Lipinski definition) is 2. The molecule has 1 aliphatic rings. The monoisotopic (exact) mass is 247 g/mol. The Morgan fingerprint density at radius 3 is 2.72 bits per heavy atom. The van der Waals surface area contributed by atoms with Crippen molar-refractivity contribution < 1.29 is 5.11 Å². The summed E-state index contributed by atoms with van der Waals surface area (Å²) in [6.45, 7) is 10.0. The van der Waals surface area contributed by atoms with Crippen molar-refractivity contribution in [1.82, 2.24) is 4.90 Å². The van der Waals surface area contributed by atoms with Crippen LogP contribution < -0.4 is 0 Å². The predicted octanol–water partition coefficient (Wildman–Crippen LogP) is 3.88. The third-order valence-corrected chi connectivity index (χ3v) is 4.30.